The number of ether oxygens (including phenoxy) is 2. The SMILES string of the molecule is CCn1cc(S(=O)(=O)N(CCc2ccc(OC)c(OC)c2)Cc2cnn(C)c2)c(C)n1. The summed E-state index contributed by atoms with van der Waals surface area (Å²) >= 11 is 0. The second-order valence-corrected chi connectivity index (χ2v) is 9.14. The van der Waals surface area contributed by atoms with Gasteiger partial charge in [-0.3, -0.25) is 9.36 Å². The standard InChI is InChI=1S/C21H29N5O4S/c1-6-25-15-21(16(2)23-25)31(27,28)26(14-18-12-22-24(3)13-18)10-9-17-7-8-19(29-4)20(11-17)30-5/h7-8,11-13,15H,6,9-10,14H2,1-5H3. The topological polar surface area (TPSA) is 91.5 Å². The van der Waals surface area contributed by atoms with Gasteiger partial charge < -0.3 is 9.47 Å². The zero-order valence-electron chi connectivity index (χ0n) is 18.6. The van der Waals surface area contributed by atoms with E-state index >= 15 is 0 Å². The molecule has 0 radical (unpaired) electrons. The van der Waals surface area contributed by atoms with E-state index in [9.17, 15) is 8.42 Å². The van der Waals surface area contributed by atoms with Crippen LogP contribution in [0.5, 0.6) is 11.5 Å². The molecular formula is C21H29N5O4S. The molecule has 0 saturated carbocycles. The van der Waals surface area contributed by atoms with Gasteiger partial charge in [-0.15, -0.1) is 0 Å². The van der Waals surface area contributed by atoms with Gasteiger partial charge in [-0.1, -0.05) is 6.07 Å². The Kier molecular flexibility index (Phi) is 7.01. The molecule has 0 atom stereocenters. The molecule has 0 amide bonds. The minimum absolute atomic E-state index is 0.222. The lowest BCUT2D eigenvalue weighted by atomic mass is 10.1. The first-order chi connectivity index (χ1) is 14.8. The monoisotopic (exact) mass is 447 g/mol. The van der Waals surface area contributed by atoms with Crippen LogP contribution >= 0.6 is 0 Å². The molecule has 3 rings (SSSR count). The third-order valence-electron chi connectivity index (χ3n) is 5.06. The summed E-state index contributed by atoms with van der Waals surface area (Å²) in [6, 6.07) is 5.61. The van der Waals surface area contributed by atoms with Crippen molar-refractivity contribution in [2.45, 2.75) is 38.3 Å². The normalized spacial score (nSPS) is 11.8. The average molecular weight is 448 g/mol. The molecule has 2 aromatic heterocycles. The summed E-state index contributed by atoms with van der Waals surface area (Å²) in [5.41, 5.74) is 2.26. The fourth-order valence-corrected chi connectivity index (χ4v) is 4.98. The number of methoxy groups -OCH3 is 2. The number of aryl methyl sites for hydroxylation is 3. The highest BCUT2D eigenvalue weighted by molar-refractivity contribution is 7.89. The molecule has 1 aromatic carbocycles. The maximum Gasteiger partial charge on any atom is 0.246 e. The zero-order chi connectivity index (χ0) is 22.6. The Labute approximate surface area is 183 Å². The Balaban J connectivity index is 1.90. The van der Waals surface area contributed by atoms with E-state index in [1.807, 2.05) is 31.3 Å². The highest BCUT2D eigenvalue weighted by Gasteiger charge is 2.28. The van der Waals surface area contributed by atoms with Gasteiger partial charge in [0.15, 0.2) is 11.5 Å². The van der Waals surface area contributed by atoms with Crippen LogP contribution in [0.15, 0.2) is 41.7 Å². The molecule has 10 heteroatoms. The van der Waals surface area contributed by atoms with Crippen molar-refractivity contribution >= 4 is 10.0 Å². The number of nitrogens with zero attached hydrogens (tertiary/aromatic N) is 5. The van der Waals surface area contributed by atoms with Gasteiger partial charge in [0.05, 0.1) is 26.1 Å². The van der Waals surface area contributed by atoms with Gasteiger partial charge in [-0.05, 0) is 38.0 Å². The molecule has 3 aromatic rings. The van der Waals surface area contributed by atoms with Gasteiger partial charge in [0.2, 0.25) is 10.0 Å². The fourth-order valence-electron chi connectivity index (χ4n) is 3.39. The molecule has 2 heterocycles. The van der Waals surface area contributed by atoms with Crippen LogP contribution in [-0.2, 0) is 36.6 Å². The maximum atomic E-state index is 13.5. The van der Waals surface area contributed by atoms with E-state index in [2.05, 4.69) is 10.2 Å². The lowest BCUT2D eigenvalue weighted by molar-refractivity contribution is 0.354. The predicted molar refractivity (Wildman–Crippen MR) is 117 cm³/mol. The van der Waals surface area contributed by atoms with Crippen LogP contribution in [-0.4, -0.2) is 53.0 Å². The third kappa shape index (κ3) is 5.08. The second kappa shape index (κ2) is 9.52. The van der Waals surface area contributed by atoms with Gasteiger partial charge in [-0.25, -0.2) is 8.42 Å². The quantitative estimate of drug-likeness (QED) is 0.474. The van der Waals surface area contributed by atoms with Crippen LogP contribution in [0.1, 0.15) is 23.7 Å². The van der Waals surface area contributed by atoms with E-state index in [-0.39, 0.29) is 11.4 Å². The molecule has 0 N–H and O–H groups in total. The van der Waals surface area contributed by atoms with Crippen molar-refractivity contribution in [2.24, 2.45) is 7.05 Å². The summed E-state index contributed by atoms with van der Waals surface area (Å²) in [6.07, 6.45) is 5.61. The molecule has 31 heavy (non-hydrogen) atoms. The summed E-state index contributed by atoms with van der Waals surface area (Å²) in [5.74, 6) is 1.25. The second-order valence-electron chi connectivity index (χ2n) is 7.23. The Morgan fingerprint density at radius 1 is 1.10 bits per heavy atom. The molecule has 0 bridgehead atoms. The lowest BCUT2D eigenvalue weighted by Crippen LogP contribution is -2.32. The molecule has 0 aliphatic heterocycles. The van der Waals surface area contributed by atoms with Crippen molar-refractivity contribution in [1.82, 2.24) is 23.9 Å². The number of aromatic nitrogens is 4. The molecule has 168 valence electrons. The van der Waals surface area contributed by atoms with E-state index in [1.165, 1.54) is 4.31 Å². The molecule has 0 unspecified atom stereocenters. The van der Waals surface area contributed by atoms with Crippen LogP contribution in [0.25, 0.3) is 0 Å². The predicted octanol–water partition coefficient (Wildman–Crippen LogP) is 2.40. The maximum absolute atomic E-state index is 13.5. The minimum Gasteiger partial charge on any atom is -0.493 e. The highest BCUT2D eigenvalue weighted by atomic mass is 32.2. The first-order valence-corrected chi connectivity index (χ1v) is 11.4. The Morgan fingerprint density at radius 2 is 1.84 bits per heavy atom. The van der Waals surface area contributed by atoms with Crippen molar-refractivity contribution < 1.29 is 17.9 Å². The van der Waals surface area contributed by atoms with E-state index < -0.39 is 10.0 Å². The number of benzene rings is 1. The molecule has 0 saturated heterocycles. The first-order valence-electron chi connectivity index (χ1n) is 10.0. The summed E-state index contributed by atoms with van der Waals surface area (Å²) in [7, 11) is 1.22. The molecule has 9 nitrogen and oxygen atoms in total. The molecular weight excluding hydrogens is 418 g/mol. The van der Waals surface area contributed by atoms with E-state index in [0.29, 0.717) is 36.7 Å². The smallest absolute Gasteiger partial charge is 0.246 e. The largest absolute Gasteiger partial charge is 0.493 e. The lowest BCUT2D eigenvalue weighted by Gasteiger charge is -2.21. The summed E-state index contributed by atoms with van der Waals surface area (Å²) in [5, 5.41) is 8.48. The van der Waals surface area contributed by atoms with E-state index in [1.54, 1.807) is 49.9 Å². The molecule has 0 aliphatic carbocycles. The minimum atomic E-state index is -3.75. The first kappa shape index (κ1) is 22.8. The Morgan fingerprint density at radius 3 is 2.42 bits per heavy atom. The molecule has 0 aliphatic rings. The summed E-state index contributed by atoms with van der Waals surface area (Å²) in [6.45, 7) is 4.76. The fraction of sp³-hybridized carbons (Fsp3) is 0.429. The van der Waals surface area contributed by atoms with Crippen molar-refractivity contribution in [3.63, 3.8) is 0 Å². The number of sulfonamides is 1. The summed E-state index contributed by atoms with van der Waals surface area (Å²) < 4.78 is 42.5. The number of hydrogen-bond acceptors (Lipinski definition) is 6. The van der Waals surface area contributed by atoms with Crippen LogP contribution in [0, 0.1) is 6.92 Å². The van der Waals surface area contributed by atoms with Crippen molar-refractivity contribution in [3.8, 4) is 11.5 Å². The van der Waals surface area contributed by atoms with E-state index in [0.717, 1.165) is 11.1 Å². The Hall–Kier alpha value is -2.85. The van der Waals surface area contributed by atoms with Crippen molar-refractivity contribution in [1.29, 1.82) is 0 Å². The van der Waals surface area contributed by atoms with Gasteiger partial charge in [0.1, 0.15) is 4.90 Å². The van der Waals surface area contributed by atoms with Crippen LogP contribution in [0.4, 0.5) is 0 Å². The zero-order valence-corrected chi connectivity index (χ0v) is 19.4. The molecule has 0 fully saturated rings. The Bertz CT molecular complexity index is 1140. The van der Waals surface area contributed by atoms with Crippen molar-refractivity contribution in [2.75, 3.05) is 20.8 Å². The third-order valence-corrected chi connectivity index (χ3v) is 7.01. The van der Waals surface area contributed by atoms with Crippen LogP contribution in [0.3, 0.4) is 0 Å². The van der Waals surface area contributed by atoms with Crippen LogP contribution in [0.2, 0.25) is 0 Å². The number of rotatable bonds is 10. The average Bonchev–Trinajstić information content (AvgIpc) is 3.35. The van der Waals surface area contributed by atoms with Gasteiger partial charge in [-0.2, -0.15) is 14.5 Å². The van der Waals surface area contributed by atoms with E-state index in [4.69, 9.17) is 9.47 Å². The van der Waals surface area contributed by atoms with Crippen molar-refractivity contribution in [3.05, 3.63) is 53.6 Å². The number of hydrogen-bond donors (Lipinski definition) is 0. The summed E-state index contributed by atoms with van der Waals surface area (Å²) in [4.78, 5) is 0.227. The van der Waals surface area contributed by atoms with Crippen LogP contribution < -0.4 is 9.47 Å². The van der Waals surface area contributed by atoms with Gasteiger partial charge >= 0.3 is 0 Å². The molecule has 0 spiro atoms. The van der Waals surface area contributed by atoms with Gasteiger partial charge in [0, 0.05) is 44.6 Å². The highest BCUT2D eigenvalue weighted by Crippen LogP contribution is 2.28. The van der Waals surface area contributed by atoms with Gasteiger partial charge in [0.25, 0.3) is 0 Å².